The lowest BCUT2D eigenvalue weighted by atomic mass is 9.87. The van der Waals surface area contributed by atoms with Crippen molar-refractivity contribution < 1.29 is 64.1 Å². The maximum Gasteiger partial charge on any atom is 0.438 e. The molecule has 3 N–H and O–H groups in total. The Hall–Kier alpha value is -4.79. The number of benzene rings is 1. The number of allylic oxidation sites excluding steroid dienone is 1. The van der Waals surface area contributed by atoms with Crippen LogP contribution in [-0.4, -0.2) is 115 Å². The van der Waals surface area contributed by atoms with E-state index in [9.17, 15) is 45.2 Å². The number of sulfonamides is 1. The van der Waals surface area contributed by atoms with Crippen molar-refractivity contribution in [2.24, 2.45) is 17.8 Å². The van der Waals surface area contributed by atoms with E-state index in [-0.39, 0.29) is 48.6 Å². The molecule has 2 aromatic rings. The first-order valence-electron chi connectivity index (χ1n) is 20.1. The highest BCUT2D eigenvalue weighted by atomic mass is 32.2. The van der Waals surface area contributed by atoms with Crippen molar-refractivity contribution in [1.82, 2.24) is 30.2 Å². The van der Waals surface area contributed by atoms with E-state index in [4.69, 9.17) is 18.9 Å². The van der Waals surface area contributed by atoms with Gasteiger partial charge < -0.3 is 34.5 Å². The summed E-state index contributed by atoms with van der Waals surface area (Å²) in [6.07, 6.45) is -2.89. The second kappa shape index (κ2) is 17.2. The van der Waals surface area contributed by atoms with Gasteiger partial charge in [0.25, 0.3) is 5.91 Å². The zero-order valence-corrected chi connectivity index (χ0v) is 35.6. The van der Waals surface area contributed by atoms with E-state index in [2.05, 4.69) is 20.6 Å². The Morgan fingerprint density at radius 2 is 1.79 bits per heavy atom. The quantitative estimate of drug-likeness (QED) is 0.225. The fraction of sp³-hybridized carbons (Fsp3) is 0.650. The van der Waals surface area contributed by atoms with Gasteiger partial charge in [-0.15, -0.1) is 0 Å². The van der Waals surface area contributed by atoms with Gasteiger partial charge in [-0.1, -0.05) is 19.1 Å². The van der Waals surface area contributed by atoms with Crippen LogP contribution in [0, 0.1) is 17.8 Å². The van der Waals surface area contributed by atoms with E-state index in [1.807, 2.05) is 11.6 Å². The summed E-state index contributed by atoms with van der Waals surface area (Å²) in [5.41, 5.74) is -4.40. The van der Waals surface area contributed by atoms with Crippen molar-refractivity contribution in [1.29, 1.82) is 0 Å². The van der Waals surface area contributed by atoms with Crippen LogP contribution in [0.3, 0.4) is 0 Å². The SMILES string of the molecule is COCC1CC(C)CCC=CC2CC2(C(=O)NS(=O)(=O)C2(CF)CC2)NC(=O)C2CC(Oc3nc4cc(OC)ccc4nc3C(F)(F)F)CN2C(=O)C1NC(=O)OC(C)(C)C. The summed E-state index contributed by atoms with van der Waals surface area (Å²) < 4.78 is 106. The number of carbonyl (C=O) groups excluding carboxylic acids is 4. The molecule has 3 fully saturated rings. The average molecular weight is 885 g/mol. The highest BCUT2D eigenvalue weighted by molar-refractivity contribution is 7.91. The Bertz CT molecular complexity index is 2160. The number of ether oxygens (including phenoxy) is 4. The van der Waals surface area contributed by atoms with Crippen LogP contribution in [0.1, 0.15) is 78.3 Å². The van der Waals surface area contributed by atoms with Crippen LogP contribution in [-0.2, 0) is 40.1 Å². The molecule has 1 saturated heterocycles. The van der Waals surface area contributed by atoms with Crippen LogP contribution < -0.4 is 24.8 Å². The molecule has 7 atom stereocenters. The van der Waals surface area contributed by atoms with Gasteiger partial charge in [0.05, 0.1) is 31.3 Å². The van der Waals surface area contributed by atoms with Gasteiger partial charge in [-0.05, 0) is 77.3 Å². The Labute approximate surface area is 350 Å². The molecule has 2 aliphatic carbocycles. The van der Waals surface area contributed by atoms with Crippen molar-refractivity contribution in [3.05, 3.63) is 36.0 Å². The lowest BCUT2D eigenvalue weighted by Gasteiger charge is -2.34. The minimum atomic E-state index is -5.05. The molecule has 4 amide bonds. The topological polar surface area (TPSA) is 204 Å². The van der Waals surface area contributed by atoms with Crippen LogP contribution >= 0.6 is 0 Å². The molecule has 16 nitrogen and oxygen atoms in total. The minimum Gasteiger partial charge on any atom is -0.497 e. The molecule has 3 heterocycles. The van der Waals surface area contributed by atoms with Crippen molar-refractivity contribution in [2.75, 3.05) is 34.0 Å². The summed E-state index contributed by atoms with van der Waals surface area (Å²) in [7, 11) is -1.73. The number of aromatic nitrogens is 2. The number of fused-ring (bicyclic) bond motifs is 3. The van der Waals surface area contributed by atoms with Crippen LogP contribution in [0.15, 0.2) is 30.4 Å². The molecule has 4 aliphatic rings. The maximum atomic E-state index is 15.0. The van der Waals surface area contributed by atoms with E-state index < -0.39 is 117 Å². The van der Waals surface area contributed by atoms with Crippen molar-refractivity contribution in [2.45, 2.75) is 113 Å². The number of amides is 4. The van der Waals surface area contributed by atoms with E-state index in [1.54, 1.807) is 32.9 Å². The second-order valence-corrected chi connectivity index (χ2v) is 19.5. The van der Waals surface area contributed by atoms with Gasteiger partial charge in [0.15, 0.2) is 0 Å². The zero-order chi connectivity index (χ0) is 44.7. The lowest BCUT2D eigenvalue weighted by molar-refractivity contribution is -0.143. The zero-order valence-electron chi connectivity index (χ0n) is 34.8. The largest absolute Gasteiger partial charge is 0.497 e. The van der Waals surface area contributed by atoms with Crippen molar-refractivity contribution in [3.63, 3.8) is 0 Å². The maximum absolute atomic E-state index is 15.0. The van der Waals surface area contributed by atoms with Gasteiger partial charge in [0.1, 0.15) is 46.5 Å². The predicted octanol–water partition coefficient (Wildman–Crippen LogP) is 4.36. The summed E-state index contributed by atoms with van der Waals surface area (Å²) >= 11 is 0. The van der Waals surface area contributed by atoms with Crippen LogP contribution in [0.4, 0.5) is 22.4 Å². The highest BCUT2D eigenvalue weighted by Gasteiger charge is 2.64. The number of nitrogens with one attached hydrogen (secondary N) is 3. The molecular formula is C40H52F4N6O10S. The number of carbonyl (C=O) groups is 4. The Morgan fingerprint density at radius 1 is 1.07 bits per heavy atom. The molecule has 0 spiro atoms. The van der Waals surface area contributed by atoms with Crippen LogP contribution in [0.5, 0.6) is 11.6 Å². The first-order valence-corrected chi connectivity index (χ1v) is 21.5. The molecule has 1 aromatic carbocycles. The second-order valence-electron chi connectivity index (χ2n) is 17.4. The monoisotopic (exact) mass is 884 g/mol. The van der Waals surface area contributed by atoms with Gasteiger partial charge >= 0.3 is 12.3 Å². The third-order valence-corrected chi connectivity index (χ3v) is 13.7. The third-order valence-electron chi connectivity index (χ3n) is 11.5. The molecule has 0 bridgehead atoms. The molecule has 21 heteroatoms. The number of rotatable bonds is 10. The van der Waals surface area contributed by atoms with E-state index in [0.29, 0.717) is 19.3 Å². The molecule has 1 aromatic heterocycles. The van der Waals surface area contributed by atoms with Gasteiger partial charge in [-0.3, -0.25) is 19.1 Å². The first kappa shape index (κ1) is 45.7. The number of alkyl halides is 4. The summed E-state index contributed by atoms with van der Waals surface area (Å²) in [5, 5.41) is 5.32. The highest BCUT2D eigenvalue weighted by Crippen LogP contribution is 2.48. The van der Waals surface area contributed by atoms with E-state index in [1.165, 1.54) is 32.4 Å². The molecule has 6 rings (SSSR count). The van der Waals surface area contributed by atoms with Gasteiger partial charge in [0.2, 0.25) is 33.4 Å². The number of nitrogens with zero attached hydrogens (tertiary/aromatic N) is 3. The normalized spacial score (nSPS) is 28.1. The molecule has 0 radical (unpaired) electrons. The summed E-state index contributed by atoms with van der Waals surface area (Å²) in [6.45, 7) is 5.08. The Balaban J connectivity index is 1.41. The molecule has 7 unspecified atom stereocenters. The molecular weight excluding hydrogens is 833 g/mol. The van der Waals surface area contributed by atoms with Crippen LogP contribution in [0.25, 0.3) is 11.0 Å². The first-order chi connectivity index (χ1) is 28.5. The van der Waals surface area contributed by atoms with E-state index >= 15 is 0 Å². The average Bonchev–Trinajstić information content (AvgIpc) is 4.08. The van der Waals surface area contributed by atoms with Crippen LogP contribution in [0.2, 0.25) is 0 Å². The van der Waals surface area contributed by atoms with Gasteiger partial charge in [-0.25, -0.2) is 27.6 Å². The van der Waals surface area contributed by atoms with Crippen molar-refractivity contribution >= 4 is 44.9 Å². The number of halogens is 4. The predicted molar refractivity (Wildman–Crippen MR) is 210 cm³/mol. The number of hydrogen-bond donors (Lipinski definition) is 3. The van der Waals surface area contributed by atoms with Gasteiger partial charge in [0, 0.05) is 31.4 Å². The Kier molecular flexibility index (Phi) is 12.9. The summed E-state index contributed by atoms with van der Waals surface area (Å²) in [4.78, 5) is 65.7. The summed E-state index contributed by atoms with van der Waals surface area (Å²) in [5.74, 6) is -5.00. The number of hydrogen-bond acceptors (Lipinski definition) is 12. The van der Waals surface area contributed by atoms with E-state index in [0.717, 1.165) is 4.90 Å². The smallest absolute Gasteiger partial charge is 0.438 e. The number of methoxy groups -OCH3 is 2. The number of alkyl carbamates (subject to hydrolysis) is 1. The molecule has 2 saturated carbocycles. The third kappa shape index (κ3) is 9.97. The molecule has 2 aliphatic heterocycles. The minimum absolute atomic E-state index is 0.00126. The fourth-order valence-electron chi connectivity index (χ4n) is 7.95. The van der Waals surface area contributed by atoms with Crippen molar-refractivity contribution in [3.8, 4) is 11.6 Å². The standard InChI is InChI=1S/C40H52F4N6O10S/c1-22-9-7-8-10-24-18-39(24,35(53)49-61(55,56)38(21-41)13-14-38)48-32(51)29-17-26(59-33-31(40(42,43)44)45-27-12-11-25(58-6)16-28(27)46-33)19-50(29)34(52)30(23(15-22)20-57-5)47-36(54)60-37(2,3)4/h8,10-12,16,22-24,26,29-30H,7,9,13-15,17-21H2,1-6H3,(H,47,54)(H,48,51)(H,49,53). The molecule has 336 valence electrons. The lowest BCUT2D eigenvalue weighted by Crippen LogP contribution is -2.60. The fourth-order valence-corrected chi connectivity index (χ4v) is 9.38. The Morgan fingerprint density at radius 3 is 2.41 bits per heavy atom. The molecule has 61 heavy (non-hydrogen) atoms. The summed E-state index contributed by atoms with van der Waals surface area (Å²) in [6, 6.07) is 1.14. The van der Waals surface area contributed by atoms with Gasteiger partial charge in [-0.2, -0.15) is 13.2 Å².